The number of carbonyl (C=O) groups excluding carboxylic acids is 1. The number of rotatable bonds is 6. The molecular weight excluding hydrogens is 307 g/mol. The molecule has 0 bridgehead atoms. The first-order valence-electron chi connectivity index (χ1n) is 5.94. The number of nitro benzene ring substituents is 1. The van der Waals surface area contributed by atoms with Crippen molar-refractivity contribution in [1.82, 2.24) is 0 Å². The van der Waals surface area contributed by atoms with E-state index in [2.05, 4.69) is 0 Å². The van der Waals surface area contributed by atoms with E-state index >= 15 is 0 Å². The van der Waals surface area contributed by atoms with Gasteiger partial charge >= 0.3 is 5.97 Å². The average Bonchev–Trinajstić information content (AvgIpc) is 2.39. The molecule has 1 rings (SSSR count). The van der Waals surface area contributed by atoms with Crippen LogP contribution in [0.4, 0.5) is 11.4 Å². The number of ether oxygens (including phenoxy) is 1. The van der Waals surface area contributed by atoms with Gasteiger partial charge in [-0.15, -0.1) is 0 Å². The molecule has 0 amide bonds. The lowest BCUT2D eigenvalue weighted by atomic mass is 10.2. The molecule has 0 saturated carbocycles. The maximum atomic E-state index is 11.5. The molecule has 1 aromatic carbocycles. The molecule has 0 heterocycles. The van der Waals surface area contributed by atoms with Gasteiger partial charge in [0.2, 0.25) is 0 Å². The molecule has 0 radical (unpaired) electrons. The first-order valence-corrected chi connectivity index (χ1v) is 6.70. The van der Waals surface area contributed by atoms with Crippen molar-refractivity contribution in [1.29, 1.82) is 0 Å². The number of esters is 1. The van der Waals surface area contributed by atoms with E-state index in [4.69, 9.17) is 27.9 Å². The summed E-state index contributed by atoms with van der Waals surface area (Å²) in [5.41, 5.74) is 0.0329. The fraction of sp³-hybridized carbons (Fsp3) is 0.417. The van der Waals surface area contributed by atoms with E-state index in [0.29, 0.717) is 6.54 Å². The second kappa shape index (κ2) is 7.31. The molecule has 0 spiro atoms. The minimum Gasteiger partial charge on any atom is -0.465 e. The zero-order valence-electron chi connectivity index (χ0n) is 11.1. The molecular formula is C12H14Cl2N2O4. The number of halogens is 2. The third kappa shape index (κ3) is 3.98. The van der Waals surface area contributed by atoms with Crippen molar-refractivity contribution in [3.63, 3.8) is 0 Å². The fourth-order valence-electron chi connectivity index (χ4n) is 1.66. The molecule has 8 heteroatoms. The molecule has 0 aliphatic heterocycles. The summed E-state index contributed by atoms with van der Waals surface area (Å²) >= 11 is 11.7. The monoisotopic (exact) mass is 320 g/mol. The zero-order valence-corrected chi connectivity index (χ0v) is 12.6. The van der Waals surface area contributed by atoms with Crippen molar-refractivity contribution in [2.45, 2.75) is 13.8 Å². The molecule has 6 nitrogen and oxygen atoms in total. The third-order valence-corrected chi connectivity index (χ3v) is 3.28. The maximum Gasteiger partial charge on any atom is 0.325 e. The van der Waals surface area contributed by atoms with Crippen LogP contribution in [0.25, 0.3) is 0 Å². The summed E-state index contributed by atoms with van der Waals surface area (Å²) in [5.74, 6) is -0.463. The summed E-state index contributed by atoms with van der Waals surface area (Å²) in [5, 5.41) is 11.4. The average molecular weight is 321 g/mol. The Bertz CT molecular complexity index is 522. The maximum absolute atomic E-state index is 11.5. The minimum atomic E-state index is -0.564. The Morgan fingerprint density at radius 2 is 1.95 bits per heavy atom. The highest BCUT2D eigenvalue weighted by atomic mass is 35.5. The van der Waals surface area contributed by atoms with E-state index in [0.717, 1.165) is 0 Å². The van der Waals surface area contributed by atoms with Crippen LogP contribution in [0.3, 0.4) is 0 Å². The molecule has 0 aliphatic carbocycles. The van der Waals surface area contributed by atoms with Gasteiger partial charge in [0.1, 0.15) is 12.2 Å². The summed E-state index contributed by atoms with van der Waals surface area (Å²) in [7, 11) is 0. The van der Waals surface area contributed by atoms with Gasteiger partial charge in [-0.05, 0) is 19.9 Å². The first kappa shape index (κ1) is 16.5. The number of benzene rings is 1. The lowest BCUT2D eigenvalue weighted by Crippen LogP contribution is -2.31. The molecule has 1 aromatic rings. The largest absolute Gasteiger partial charge is 0.465 e. The fourth-order valence-corrected chi connectivity index (χ4v) is 1.97. The van der Waals surface area contributed by atoms with Crippen molar-refractivity contribution in [3.05, 3.63) is 32.3 Å². The Morgan fingerprint density at radius 3 is 2.45 bits per heavy atom. The zero-order chi connectivity index (χ0) is 15.3. The topological polar surface area (TPSA) is 72.7 Å². The lowest BCUT2D eigenvalue weighted by Gasteiger charge is -2.22. The van der Waals surface area contributed by atoms with E-state index in [1.807, 2.05) is 0 Å². The predicted octanol–water partition coefficient (Wildman–Crippen LogP) is 3.29. The first-order chi connectivity index (χ1) is 9.40. The molecule has 0 N–H and O–H groups in total. The standard InChI is InChI=1S/C12H14Cl2N2O4/c1-3-15(7-12(17)20-4-2)10-5-8(13)9(14)6-11(10)16(18)19/h5-6H,3-4,7H2,1-2H3. The quantitative estimate of drug-likeness (QED) is 0.457. The normalized spacial score (nSPS) is 10.2. The summed E-state index contributed by atoms with van der Waals surface area (Å²) in [6.45, 7) is 4.00. The smallest absolute Gasteiger partial charge is 0.325 e. The van der Waals surface area contributed by atoms with Crippen molar-refractivity contribution in [2.75, 3.05) is 24.6 Å². The number of likely N-dealkylation sites (N-methyl/N-ethyl adjacent to an activating group) is 1. The second-order valence-electron chi connectivity index (χ2n) is 3.83. The Balaban J connectivity index is 3.16. The highest BCUT2D eigenvalue weighted by Crippen LogP contribution is 2.36. The van der Waals surface area contributed by atoms with Crippen LogP contribution in [0.2, 0.25) is 10.0 Å². The van der Waals surface area contributed by atoms with Crippen LogP contribution in [0.5, 0.6) is 0 Å². The van der Waals surface area contributed by atoms with Crippen molar-refractivity contribution in [3.8, 4) is 0 Å². The number of nitro groups is 1. The second-order valence-corrected chi connectivity index (χ2v) is 4.65. The van der Waals surface area contributed by atoms with Gasteiger partial charge in [-0.3, -0.25) is 14.9 Å². The van der Waals surface area contributed by atoms with Crippen LogP contribution in [0, 0.1) is 10.1 Å². The molecule has 110 valence electrons. The summed E-state index contributed by atoms with van der Waals surface area (Å²) in [6, 6.07) is 2.55. The lowest BCUT2D eigenvalue weighted by molar-refractivity contribution is -0.384. The van der Waals surface area contributed by atoms with Crippen molar-refractivity contribution < 1.29 is 14.5 Å². The Kier molecular flexibility index (Phi) is 6.04. The highest BCUT2D eigenvalue weighted by Gasteiger charge is 2.23. The minimum absolute atomic E-state index is 0.0919. The molecule has 0 aromatic heterocycles. The number of nitrogens with zero attached hydrogens (tertiary/aromatic N) is 2. The molecule has 0 unspecified atom stereocenters. The Labute approximate surface area is 126 Å². The van der Waals surface area contributed by atoms with Gasteiger partial charge in [0.05, 0.1) is 21.6 Å². The van der Waals surface area contributed by atoms with Crippen molar-refractivity contribution >= 4 is 40.5 Å². The Hall–Kier alpha value is -1.53. The van der Waals surface area contributed by atoms with Crippen LogP contribution >= 0.6 is 23.2 Å². The molecule has 0 saturated heterocycles. The molecule has 0 aliphatic rings. The van der Waals surface area contributed by atoms with Crippen molar-refractivity contribution in [2.24, 2.45) is 0 Å². The number of carbonyl (C=O) groups is 1. The van der Waals surface area contributed by atoms with Crippen LogP contribution in [-0.2, 0) is 9.53 Å². The van der Waals surface area contributed by atoms with E-state index in [9.17, 15) is 14.9 Å². The summed E-state index contributed by atoms with van der Waals surface area (Å²) in [4.78, 5) is 23.6. The van der Waals surface area contributed by atoms with Gasteiger partial charge in [0.25, 0.3) is 5.69 Å². The summed E-state index contributed by atoms with van der Waals surface area (Å²) < 4.78 is 4.84. The van der Waals surface area contributed by atoms with Crippen LogP contribution < -0.4 is 4.90 Å². The van der Waals surface area contributed by atoms with E-state index in [1.165, 1.54) is 17.0 Å². The molecule has 0 atom stereocenters. The summed E-state index contributed by atoms with van der Waals surface area (Å²) in [6.07, 6.45) is 0. The van der Waals surface area contributed by atoms with Crippen LogP contribution in [0.15, 0.2) is 12.1 Å². The Morgan fingerprint density at radius 1 is 1.35 bits per heavy atom. The van der Waals surface area contributed by atoms with E-state index < -0.39 is 10.9 Å². The van der Waals surface area contributed by atoms with Crippen LogP contribution in [-0.4, -0.2) is 30.6 Å². The number of hydrogen-bond acceptors (Lipinski definition) is 5. The van der Waals surface area contributed by atoms with E-state index in [1.54, 1.807) is 13.8 Å². The third-order valence-electron chi connectivity index (χ3n) is 2.56. The van der Waals surface area contributed by atoms with Gasteiger partial charge in [-0.1, -0.05) is 23.2 Å². The van der Waals surface area contributed by atoms with E-state index in [-0.39, 0.29) is 34.6 Å². The predicted molar refractivity (Wildman–Crippen MR) is 77.6 cm³/mol. The van der Waals surface area contributed by atoms with Gasteiger partial charge in [0.15, 0.2) is 0 Å². The van der Waals surface area contributed by atoms with Gasteiger partial charge in [-0.2, -0.15) is 0 Å². The van der Waals surface area contributed by atoms with Gasteiger partial charge in [0, 0.05) is 12.6 Å². The van der Waals surface area contributed by atoms with Gasteiger partial charge in [-0.25, -0.2) is 0 Å². The van der Waals surface area contributed by atoms with Gasteiger partial charge < -0.3 is 9.64 Å². The number of anilines is 1. The molecule has 20 heavy (non-hydrogen) atoms. The molecule has 0 fully saturated rings. The SMILES string of the molecule is CCOC(=O)CN(CC)c1cc(Cl)c(Cl)cc1[N+](=O)[O-]. The number of hydrogen-bond donors (Lipinski definition) is 0. The van der Waals surface area contributed by atoms with Crippen LogP contribution in [0.1, 0.15) is 13.8 Å². The highest BCUT2D eigenvalue weighted by molar-refractivity contribution is 6.42.